The molecular formula is C10H14N6O. The lowest BCUT2D eigenvalue weighted by atomic mass is 10.1. The lowest BCUT2D eigenvalue weighted by molar-refractivity contribution is 0.187. The molecule has 0 bridgehead atoms. The maximum absolute atomic E-state index is 5.63. The van der Waals surface area contributed by atoms with E-state index in [1.807, 2.05) is 0 Å². The standard InChI is InChI=1S/C10H14N6O/c11-10-14-8(7-4-13-16-9(7)15-10)12-3-6-1-2-17-5-6/h4,6H,1-3,5H2,(H4,11,12,13,14,15,16). The van der Waals surface area contributed by atoms with Gasteiger partial charge in [0.25, 0.3) is 0 Å². The number of H-pyrrole nitrogens is 1. The fourth-order valence-corrected chi connectivity index (χ4v) is 1.97. The SMILES string of the molecule is Nc1nc(NCC2CCOC2)c2cn[nH]c2n1. The maximum Gasteiger partial charge on any atom is 0.224 e. The first kappa shape index (κ1) is 10.3. The molecule has 3 rings (SSSR count). The molecular weight excluding hydrogens is 220 g/mol. The molecule has 0 saturated carbocycles. The van der Waals surface area contributed by atoms with E-state index in [2.05, 4.69) is 25.5 Å². The van der Waals surface area contributed by atoms with Gasteiger partial charge in [-0.3, -0.25) is 5.10 Å². The van der Waals surface area contributed by atoms with Crippen molar-refractivity contribution >= 4 is 22.8 Å². The van der Waals surface area contributed by atoms with Crippen LogP contribution in [0.2, 0.25) is 0 Å². The predicted octanol–water partition coefficient (Wildman–Crippen LogP) is 0.383. The molecule has 1 unspecified atom stereocenters. The highest BCUT2D eigenvalue weighted by atomic mass is 16.5. The zero-order valence-electron chi connectivity index (χ0n) is 9.31. The average Bonchev–Trinajstić information content (AvgIpc) is 2.95. The third-order valence-electron chi connectivity index (χ3n) is 2.91. The first-order chi connectivity index (χ1) is 8.33. The zero-order chi connectivity index (χ0) is 11.7. The molecule has 0 aromatic carbocycles. The van der Waals surface area contributed by atoms with Crippen molar-refractivity contribution < 1.29 is 4.74 Å². The number of hydrogen-bond acceptors (Lipinski definition) is 6. The lowest BCUT2D eigenvalue weighted by Gasteiger charge is -2.10. The van der Waals surface area contributed by atoms with Crippen LogP contribution in [0.3, 0.4) is 0 Å². The summed E-state index contributed by atoms with van der Waals surface area (Å²) in [5.41, 5.74) is 6.29. The molecule has 4 N–H and O–H groups in total. The minimum Gasteiger partial charge on any atom is -0.381 e. The summed E-state index contributed by atoms with van der Waals surface area (Å²) in [4.78, 5) is 8.25. The minimum atomic E-state index is 0.243. The van der Waals surface area contributed by atoms with E-state index in [1.165, 1.54) is 0 Å². The lowest BCUT2D eigenvalue weighted by Crippen LogP contribution is -2.15. The van der Waals surface area contributed by atoms with Crippen LogP contribution < -0.4 is 11.1 Å². The molecule has 0 radical (unpaired) electrons. The summed E-state index contributed by atoms with van der Waals surface area (Å²) in [5.74, 6) is 1.51. The van der Waals surface area contributed by atoms with E-state index in [-0.39, 0.29) is 5.95 Å². The Bertz CT molecular complexity index is 518. The Kier molecular flexibility index (Phi) is 2.52. The topological polar surface area (TPSA) is 102 Å². The largest absolute Gasteiger partial charge is 0.381 e. The average molecular weight is 234 g/mol. The van der Waals surface area contributed by atoms with Crippen LogP contribution in [0.25, 0.3) is 11.0 Å². The predicted molar refractivity (Wildman–Crippen MR) is 63.5 cm³/mol. The summed E-state index contributed by atoms with van der Waals surface area (Å²) in [6, 6.07) is 0. The molecule has 7 nitrogen and oxygen atoms in total. The Morgan fingerprint density at radius 3 is 3.29 bits per heavy atom. The van der Waals surface area contributed by atoms with Crippen LogP contribution in [0, 0.1) is 5.92 Å². The number of ether oxygens (including phenoxy) is 1. The van der Waals surface area contributed by atoms with Crippen molar-refractivity contribution in [1.29, 1.82) is 0 Å². The van der Waals surface area contributed by atoms with Gasteiger partial charge in [-0.1, -0.05) is 0 Å². The summed E-state index contributed by atoms with van der Waals surface area (Å²) in [6.45, 7) is 2.48. The molecule has 2 aromatic heterocycles. The molecule has 2 aromatic rings. The van der Waals surface area contributed by atoms with Crippen LogP contribution >= 0.6 is 0 Å². The van der Waals surface area contributed by atoms with Crippen LogP contribution in [-0.2, 0) is 4.74 Å². The number of nitrogen functional groups attached to an aromatic ring is 1. The number of nitrogens with two attached hydrogens (primary N) is 1. The Morgan fingerprint density at radius 2 is 2.47 bits per heavy atom. The second-order valence-corrected chi connectivity index (χ2v) is 4.17. The van der Waals surface area contributed by atoms with E-state index < -0.39 is 0 Å². The number of aromatic amines is 1. The van der Waals surface area contributed by atoms with Crippen molar-refractivity contribution in [2.45, 2.75) is 6.42 Å². The molecule has 0 aliphatic carbocycles. The molecule has 1 aliphatic heterocycles. The number of nitrogens with one attached hydrogen (secondary N) is 2. The molecule has 1 aliphatic rings. The Labute approximate surface area is 97.8 Å². The molecule has 90 valence electrons. The molecule has 1 saturated heterocycles. The third kappa shape index (κ3) is 2.01. The number of fused-ring (bicyclic) bond motifs is 1. The zero-order valence-corrected chi connectivity index (χ0v) is 9.31. The van der Waals surface area contributed by atoms with Crippen LogP contribution in [0.4, 0.5) is 11.8 Å². The van der Waals surface area contributed by atoms with Crippen molar-refractivity contribution in [3.8, 4) is 0 Å². The molecule has 1 fully saturated rings. The number of rotatable bonds is 3. The highest BCUT2D eigenvalue weighted by molar-refractivity contribution is 5.86. The molecule has 1 atom stereocenters. The Hall–Kier alpha value is -1.89. The van der Waals surface area contributed by atoms with Gasteiger partial charge in [0, 0.05) is 19.1 Å². The Morgan fingerprint density at radius 1 is 1.53 bits per heavy atom. The van der Waals surface area contributed by atoms with Gasteiger partial charge >= 0.3 is 0 Å². The molecule has 0 amide bonds. The fourth-order valence-electron chi connectivity index (χ4n) is 1.97. The van der Waals surface area contributed by atoms with Gasteiger partial charge in [0.05, 0.1) is 18.2 Å². The highest BCUT2D eigenvalue weighted by Crippen LogP contribution is 2.20. The van der Waals surface area contributed by atoms with Crippen LogP contribution in [0.15, 0.2) is 6.20 Å². The number of hydrogen-bond donors (Lipinski definition) is 3. The third-order valence-corrected chi connectivity index (χ3v) is 2.91. The molecule has 7 heteroatoms. The summed E-state index contributed by atoms with van der Waals surface area (Å²) < 4.78 is 5.33. The fraction of sp³-hybridized carbons (Fsp3) is 0.500. The minimum absolute atomic E-state index is 0.243. The van der Waals surface area contributed by atoms with Crippen molar-refractivity contribution in [3.63, 3.8) is 0 Å². The molecule has 17 heavy (non-hydrogen) atoms. The Balaban J connectivity index is 1.81. The normalized spacial score (nSPS) is 19.9. The van der Waals surface area contributed by atoms with Gasteiger partial charge < -0.3 is 15.8 Å². The second kappa shape index (κ2) is 4.17. The smallest absolute Gasteiger partial charge is 0.224 e. The van der Waals surface area contributed by atoms with E-state index in [9.17, 15) is 0 Å². The summed E-state index contributed by atoms with van der Waals surface area (Å²) in [5, 5.41) is 10.9. The van der Waals surface area contributed by atoms with E-state index in [1.54, 1.807) is 6.20 Å². The first-order valence-electron chi connectivity index (χ1n) is 5.61. The van der Waals surface area contributed by atoms with E-state index >= 15 is 0 Å². The summed E-state index contributed by atoms with van der Waals surface area (Å²) in [6.07, 6.45) is 2.78. The van der Waals surface area contributed by atoms with Crippen LogP contribution in [0.5, 0.6) is 0 Å². The van der Waals surface area contributed by atoms with Gasteiger partial charge in [-0.2, -0.15) is 15.1 Å². The first-order valence-corrected chi connectivity index (χ1v) is 5.61. The summed E-state index contributed by atoms with van der Waals surface area (Å²) >= 11 is 0. The molecule has 3 heterocycles. The van der Waals surface area contributed by atoms with Gasteiger partial charge in [0.1, 0.15) is 5.82 Å². The maximum atomic E-state index is 5.63. The van der Waals surface area contributed by atoms with Crippen molar-refractivity contribution in [1.82, 2.24) is 20.2 Å². The van der Waals surface area contributed by atoms with Crippen molar-refractivity contribution in [2.24, 2.45) is 5.92 Å². The number of nitrogens with zero attached hydrogens (tertiary/aromatic N) is 3. The van der Waals surface area contributed by atoms with Gasteiger partial charge in [0.2, 0.25) is 5.95 Å². The van der Waals surface area contributed by atoms with Crippen LogP contribution in [-0.4, -0.2) is 39.9 Å². The van der Waals surface area contributed by atoms with Gasteiger partial charge in [-0.05, 0) is 6.42 Å². The number of aromatic nitrogens is 4. The second-order valence-electron chi connectivity index (χ2n) is 4.17. The highest BCUT2D eigenvalue weighted by Gasteiger charge is 2.16. The number of anilines is 2. The van der Waals surface area contributed by atoms with E-state index in [0.29, 0.717) is 11.6 Å². The van der Waals surface area contributed by atoms with Crippen molar-refractivity contribution in [3.05, 3.63) is 6.20 Å². The molecule has 0 spiro atoms. The monoisotopic (exact) mass is 234 g/mol. The van der Waals surface area contributed by atoms with Gasteiger partial charge in [-0.25, -0.2) is 0 Å². The summed E-state index contributed by atoms with van der Waals surface area (Å²) in [7, 11) is 0. The van der Waals surface area contributed by atoms with E-state index in [0.717, 1.165) is 37.4 Å². The van der Waals surface area contributed by atoms with Gasteiger partial charge in [0.15, 0.2) is 5.65 Å². The van der Waals surface area contributed by atoms with Crippen LogP contribution in [0.1, 0.15) is 6.42 Å². The van der Waals surface area contributed by atoms with Gasteiger partial charge in [-0.15, -0.1) is 0 Å². The van der Waals surface area contributed by atoms with E-state index in [4.69, 9.17) is 10.5 Å². The quantitative estimate of drug-likeness (QED) is 0.709. The van der Waals surface area contributed by atoms with Crippen molar-refractivity contribution in [2.75, 3.05) is 30.8 Å².